The lowest BCUT2D eigenvalue weighted by Gasteiger charge is -2.19. The van der Waals surface area contributed by atoms with Gasteiger partial charge in [-0.1, -0.05) is 13.8 Å². The number of hydrogen-bond donors (Lipinski definition) is 2. The van der Waals surface area contributed by atoms with Crippen molar-refractivity contribution >= 4 is 27.3 Å². The highest BCUT2D eigenvalue weighted by molar-refractivity contribution is 7.89. The monoisotopic (exact) mass is 320 g/mol. The number of carbonyl (C=O) groups is 1. The van der Waals surface area contributed by atoms with Crippen molar-refractivity contribution in [2.24, 2.45) is 0 Å². The number of thiophene rings is 1. The molecule has 0 aromatic carbocycles. The minimum absolute atomic E-state index is 0.154. The molecule has 0 amide bonds. The van der Waals surface area contributed by atoms with Crippen molar-refractivity contribution in [2.45, 2.75) is 25.2 Å². The Morgan fingerprint density at radius 3 is 2.65 bits per heavy atom. The Kier molecular flexibility index (Phi) is 6.60. The van der Waals surface area contributed by atoms with E-state index >= 15 is 0 Å². The van der Waals surface area contributed by atoms with Crippen LogP contribution in [0.3, 0.4) is 0 Å². The number of sulfonamides is 1. The Morgan fingerprint density at radius 2 is 2.10 bits per heavy atom. The summed E-state index contributed by atoms with van der Waals surface area (Å²) in [6.45, 7) is 6.73. The maximum absolute atomic E-state index is 12.1. The van der Waals surface area contributed by atoms with Gasteiger partial charge >= 0.3 is 5.97 Å². The Labute approximate surface area is 123 Å². The van der Waals surface area contributed by atoms with Crippen molar-refractivity contribution in [1.29, 1.82) is 0 Å². The maximum atomic E-state index is 12.1. The molecule has 0 atom stereocenters. The molecule has 0 aliphatic carbocycles. The molecule has 1 rings (SSSR count). The summed E-state index contributed by atoms with van der Waals surface area (Å²) in [7, 11) is -3.76. The first-order valence-corrected chi connectivity index (χ1v) is 8.81. The Hall–Kier alpha value is -0.960. The Balaban J connectivity index is 2.66. The van der Waals surface area contributed by atoms with Crippen LogP contribution in [0, 0.1) is 0 Å². The van der Waals surface area contributed by atoms with Crippen molar-refractivity contribution in [3.63, 3.8) is 0 Å². The standard InChI is InChI=1S/C12H20N2O4S2/c1-3-7-14(4-2)8-6-13-20(17,18)10-5-9-19-11(10)12(15)16/h5,9,13H,3-4,6-8H2,1-2H3,(H,15,16). The van der Waals surface area contributed by atoms with Crippen LogP contribution in [0.15, 0.2) is 16.3 Å². The predicted molar refractivity (Wildman–Crippen MR) is 78.9 cm³/mol. The number of aromatic carboxylic acids is 1. The summed E-state index contributed by atoms with van der Waals surface area (Å²) in [6, 6.07) is 1.32. The van der Waals surface area contributed by atoms with Gasteiger partial charge in [0.2, 0.25) is 10.0 Å². The number of nitrogens with zero attached hydrogens (tertiary/aromatic N) is 1. The molecule has 0 radical (unpaired) electrons. The third kappa shape index (κ3) is 4.55. The number of carboxylic acids is 1. The van der Waals surface area contributed by atoms with Gasteiger partial charge in [0.1, 0.15) is 9.77 Å². The summed E-state index contributed by atoms with van der Waals surface area (Å²) in [4.78, 5) is 12.8. The number of nitrogens with one attached hydrogen (secondary N) is 1. The van der Waals surface area contributed by atoms with Crippen LogP contribution in [0.2, 0.25) is 0 Å². The fourth-order valence-corrected chi connectivity index (χ4v) is 4.10. The zero-order valence-corrected chi connectivity index (χ0v) is 13.3. The second-order valence-corrected chi connectivity index (χ2v) is 6.90. The molecule has 20 heavy (non-hydrogen) atoms. The van der Waals surface area contributed by atoms with Gasteiger partial charge in [-0.3, -0.25) is 0 Å². The van der Waals surface area contributed by atoms with Gasteiger partial charge in [0.05, 0.1) is 0 Å². The van der Waals surface area contributed by atoms with Gasteiger partial charge in [-0.15, -0.1) is 11.3 Å². The van der Waals surface area contributed by atoms with Crippen molar-refractivity contribution in [2.75, 3.05) is 26.2 Å². The normalized spacial score (nSPS) is 11.9. The fraction of sp³-hybridized carbons (Fsp3) is 0.583. The van der Waals surface area contributed by atoms with Gasteiger partial charge < -0.3 is 10.0 Å². The van der Waals surface area contributed by atoms with Gasteiger partial charge in [0, 0.05) is 13.1 Å². The van der Waals surface area contributed by atoms with Gasteiger partial charge in [-0.25, -0.2) is 17.9 Å². The lowest BCUT2D eigenvalue weighted by Crippen LogP contribution is -2.35. The smallest absolute Gasteiger partial charge is 0.347 e. The molecule has 1 aromatic rings. The fourth-order valence-electron chi connectivity index (χ4n) is 1.83. The van der Waals surface area contributed by atoms with Crippen LogP contribution in [0.1, 0.15) is 29.9 Å². The first-order valence-electron chi connectivity index (χ1n) is 6.45. The molecule has 1 heterocycles. The molecule has 0 saturated carbocycles. The van der Waals surface area contributed by atoms with E-state index in [9.17, 15) is 13.2 Å². The van der Waals surface area contributed by atoms with E-state index in [0.29, 0.717) is 6.54 Å². The van der Waals surface area contributed by atoms with Crippen LogP contribution < -0.4 is 4.72 Å². The average molecular weight is 320 g/mol. The van der Waals surface area contributed by atoms with Crippen LogP contribution in [0.4, 0.5) is 0 Å². The van der Waals surface area contributed by atoms with Crippen molar-refractivity contribution in [3.8, 4) is 0 Å². The molecule has 0 fully saturated rings. The summed E-state index contributed by atoms with van der Waals surface area (Å²) in [5, 5.41) is 10.4. The minimum Gasteiger partial charge on any atom is -0.477 e. The van der Waals surface area contributed by atoms with Crippen LogP contribution >= 0.6 is 11.3 Å². The molecule has 0 aliphatic rings. The molecule has 8 heteroatoms. The quantitative estimate of drug-likeness (QED) is 0.719. The van der Waals surface area contributed by atoms with Gasteiger partial charge in [0.25, 0.3) is 0 Å². The zero-order valence-electron chi connectivity index (χ0n) is 11.6. The van der Waals surface area contributed by atoms with Crippen LogP contribution in [0.5, 0.6) is 0 Å². The van der Waals surface area contributed by atoms with Crippen molar-refractivity contribution in [3.05, 3.63) is 16.3 Å². The summed E-state index contributed by atoms with van der Waals surface area (Å²) in [6.07, 6.45) is 1.01. The lowest BCUT2D eigenvalue weighted by atomic mass is 10.4. The molecule has 0 spiro atoms. The third-order valence-corrected chi connectivity index (χ3v) is 5.36. The highest BCUT2D eigenvalue weighted by Gasteiger charge is 2.23. The second-order valence-electron chi connectivity index (χ2n) is 4.25. The summed E-state index contributed by atoms with van der Waals surface area (Å²) < 4.78 is 26.6. The van der Waals surface area contributed by atoms with Gasteiger partial charge in [-0.2, -0.15) is 0 Å². The summed E-state index contributed by atoms with van der Waals surface area (Å²) in [5.41, 5.74) is 0. The highest BCUT2D eigenvalue weighted by Crippen LogP contribution is 2.21. The SMILES string of the molecule is CCCN(CC)CCNS(=O)(=O)c1ccsc1C(=O)O. The molecule has 114 valence electrons. The van der Waals surface area contributed by atoms with Crippen LogP contribution in [-0.4, -0.2) is 50.6 Å². The zero-order chi connectivity index (χ0) is 15.2. The van der Waals surface area contributed by atoms with E-state index in [1.54, 1.807) is 0 Å². The van der Waals surface area contributed by atoms with Crippen LogP contribution in [0.25, 0.3) is 0 Å². The van der Waals surface area contributed by atoms with Crippen molar-refractivity contribution in [1.82, 2.24) is 9.62 Å². The first kappa shape index (κ1) is 17.1. The van der Waals surface area contributed by atoms with Crippen LogP contribution in [-0.2, 0) is 10.0 Å². The number of hydrogen-bond acceptors (Lipinski definition) is 5. The lowest BCUT2D eigenvalue weighted by molar-refractivity contribution is 0.0698. The molecule has 6 nitrogen and oxygen atoms in total. The molecular weight excluding hydrogens is 300 g/mol. The number of rotatable bonds is 9. The topological polar surface area (TPSA) is 86.7 Å². The van der Waals surface area contributed by atoms with E-state index in [1.165, 1.54) is 11.4 Å². The summed E-state index contributed by atoms with van der Waals surface area (Å²) >= 11 is 0.908. The molecular formula is C12H20N2O4S2. The molecule has 0 unspecified atom stereocenters. The van der Waals surface area contributed by atoms with E-state index in [4.69, 9.17) is 5.11 Å². The Morgan fingerprint density at radius 1 is 1.40 bits per heavy atom. The second kappa shape index (κ2) is 7.72. The summed E-state index contributed by atoms with van der Waals surface area (Å²) in [5.74, 6) is -1.22. The van der Waals surface area contributed by atoms with Gasteiger partial charge in [-0.05, 0) is 31.0 Å². The number of carboxylic acid groups (broad SMARTS) is 1. The van der Waals surface area contributed by atoms with E-state index in [0.717, 1.165) is 30.8 Å². The largest absolute Gasteiger partial charge is 0.477 e. The molecule has 1 aromatic heterocycles. The minimum atomic E-state index is -3.76. The number of likely N-dealkylation sites (N-methyl/N-ethyl adjacent to an activating group) is 1. The Bertz CT molecular complexity index is 539. The van der Waals surface area contributed by atoms with Crippen molar-refractivity contribution < 1.29 is 18.3 Å². The van der Waals surface area contributed by atoms with E-state index in [2.05, 4.69) is 16.5 Å². The van der Waals surface area contributed by atoms with E-state index < -0.39 is 16.0 Å². The predicted octanol–water partition coefficient (Wildman–Crippen LogP) is 1.46. The first-order chi connectivity index (χ1) is 9.42. The van der Waals surface area contributed by atoms with E-state index in [1.807, 2.05) is 6.92 Å². The highest BCUT2D eigenvalue weighted by atomic mass is 32.2. The molecule has 0 saturated heterocycles. The van der Waals surface area contributed by atoms with Gasteiger partial charge in [0.15, 0.2) is 0 Å². The molecule has 2 N–H and O–H groups in total. The molecule has 0 aliphatic heterocycles. The maximum Gasteiger partial charge on any atom is 0.347 e. The van der Waals surface area contributed by atoms with E-state index in [-0.39, 0.29) is 16.3 Å². The third-order valence-electron chi connectivity index (χ3n) is 2.82. The molecule has 0 bridgehead atoms. The average Bonchev–Trinajstić information content (AvgIpc) is 2.87.